The van der Waals surface area contributed by atoms with E-state index in [4.69, 9.17) is 44.0 Å². The molecule has 3 rings (SSSR count). The van der Waals surface area contributed by atoms with Crippen molar-refractivity contribution in [3.05, 3.63) is 67.6 Å². The van der Waals surface area contributed by atoms with E-state index in [0.717, 1.165) is 0 Å². The molecule has 0 aliphatic carbocycles. The minimum absolute atomic E-state index is 0.0294. The number of aromatic nitrogens is 1. The summed E-state index contributed by atoms with van der Waals surface area (Å²) >= 11 is 17.9. The fraction of sp³-hybridized carbons (Fsp3) is 0.176. The molecule has 0 atom stereocenters. The van der Waals surface area contributed by atoms with E-state index in [0.29, 0.717) is 24.1 Å². The summed E-state index contributed by atoms with van der Waals surface area (Å²) in [6.07, 6.45) is 0.422. The van der Waals surface area contributed by atoms with Gasteiger partial charge in [-0.15, -0.1) is 0 Å². The van der Waals surface area contributed by atoms with Crippen LogP contribution in [0.15, 0.2) is 45.6 Å². The zero-order chi connectivity index (χ0) is 18.0. The summed E-state index contributed by atoms with van der Waals surface area (Å²) in [4.78, 5) is 24.0. The summed E-state index contributed by atoms with van der Waals surface area (Å²) < 4.78 is 11.8. The molecule has 0 saturated carbocycles. The molecular weight excluding hydrogens is 389 g/mol. The maximum absolute atomic E-state index is 12.1. The van der Waals surface area contributed by atoms with Gasteiger partial charge in [-0.2, -0.15) is 0 Å². The predicted octanol–water partition coefficient (Wildman–Crippen LogP) is 4.80. The van der Waals surface area contributed by atoms with Crippen LogP contribution in [0, 0.1) is 0 Å². The van der Waals surface area contributed by atoms with Crippen LogP contribution in [0.3, 0.4) is 0 Å². The Morgan fingerprint density at radius 1 is 1.08 bits per heavy atom. The van der Waals surface area contributed by atoms with Crippen molar-refractivity contribution in [3.8, 4) is 0 Å². The second-order valence-electron chi connectivity index (χ2n) is 5.19. The van der Waals surface area contributed by atoms with E-state index >= 15 is 0 Å². The molecule has 5 nitrogen and oxygen atoms in total. The molecule has 25 heavy (non-hydrogen) atoms. The van der Waals surface area contributed by atoms with E-state index in [1.54, 1.807) is 18.2 Å². The predicted molar refractivity (Wildman–Crippen MR) is 96.8 cm³/mol. The van der Waals surface area contributed by atoms with Crippen LogP contribution >= 0.6 is 34.8 Å². The molecule has 1 heterocycles. The third kappa shape index (κ3) is 3.68. The number of carbonyl (C=O) groups is 1. The van der Waals surface area contributed by atoms with Crippen molar-refractivity contribution in [2.45, 2.75) is 13.0 Å². The Kier molecular flexibility index (Phi) is 5.37. The van der Waals surface area contributed by atoms with Crippen LogP contribution in [-0.4, -0.2) is 17.1 Å². The highest BCUT2D eigenvalue weighted by atomic mass is 35.5. The van der Waals surface area contributed by atoms with Crippen molar-refractivity contribution < 1.29 is 13.9 Å². The molecule has 2 aromatic carbocycles. The molecule has 0 unspecified atom stereocenters. The summed E-state index contributed by atoms with van der Waals surface area (Å²) in [7, 11) is 0. The van der Waals surface area contributed by atoms with E-state index in [2.05, 4.69) is 0 Å². The second kappa shape index (κ2) is 7.52. The Morgan fingerprint density at radius 3 is 2.60 bits per heavy atom. The van der Waals surface area contributed by atoms with Crippen LogP contribution in [0.1, 0.15) is 16.8 Å². The Labute approximate surface area is 157 Å². The van der Waals surface area contributed by atoms with Crippen molar-refractivity contribution in [3.63, 3.8) is 0 Å². The number of carbonyl (C=O) groups excluding carboxylic acids is 1. The summed E-state index contributed by atoms with van der Waals surface area (Å²) in [6.45, 7) is 0.435. The van der Waals surface area contributed by atoms with Crippen LogP contribution in [0.4, 0.5) is 0 Å². The lowest BCUT2D eigenvalue weighted by Gasteiger charge is -2.09. The van der Waals surface area contributed by atoms with E-state index < -0.39 is 11.7 Å². The number of aryl methyl sites for hydroxylation is 1. The quantitative estimate of drug-likeness (QED) is 0.350. The van der Waals surface area contributed by atoms with Crippen molar-refractivity contribution in [2.24, 2.45) is 0 Å². The number of oxazole rings is 1. The fourth-order valence-corrected chi connectivity index (χ4v) is 3.08. The lowest BCUT2D eigenvalue weighted by atomic mass is 10.2. The Bertz CT molecular complexity index is 993. The van der Waals surface area contributed by atoms with Crippen molar-refractivity contribution in [1.29, 1.82) is 0 Å². The van der Waals surface area contributed by atoms with Crippen LogP contribution in [-0.2, 0) is 11.3 Å². The van der Waals surface area contributed by atoms with E-state index in [9.17, 15) is 9.59 Å². The van der Waals surface area contributed by atoms with Crippen LogP contribution in [0.25, 0.3) is 11.1 Å². The molecule has 0 radical (unpaired) electrons. The van der Waals surface area contributed by atoms with Gasteiger partial charge in [0.2, 0.25) is 0 Å². The van der Waals surface area contributed by atoms with Gasteiger partial charge in [0.25, 0.3) is 0 Å². The monoisotopic (exact) mass is 399 g/mol. The summed E-state index contributed by atoms with van der Waals surface area (Å²) in [5.74, 6) is -1.12. The summed E-state index contributed by atoms with van der Waals surface area (Å²) in [6, 6.07) is 10.1. The van der Waals surface area contributed by atoms with Crippen molar-refractivity contribution in [1.82, 2.24) is 4.57 Å². The molecule has 130 valence electrons. The van der Waals surface area contributed by atoms with E-state index in [1.807, 2.05) is 6.07 Å². The normalized spacial score (nSPS) is 11.0. The fourth-order valence-electron chi connectivity index (χ4n) is 2.40. The lowest BCUT2D eigenvalue weighted by molar-refractivity contribution is 0.0496. The highest BCUT2D eigenvalue weighted by molar-refractivity contribution is 6.46. The van der Waals surface area contributed by atoms with Crippen molar-refractivity contribution >= 4 is 51.9 Å². The Morgan fingerprint density at radius 2 is 1.80 bits per heavy atom. The van der Waals surface area contributed by atoms with Gasteiger partial charge in [0.05, 0.1) is 32.8 Å². The van der Waals surface area contributed by atoms with Crippen molar-refractivity contribution in [2.75, 3.05) is 6.61 Å². The lowest BCUT2D eigenvalue weighted by Crippen LogP contribution is -2.16. The maximum Gasteiger partial charge on any atom is 0.419 e. The first-order valence-corrected chi connectivity index (χ1v) is 8.51. The number of hydrogen-bond donors (Lipinski definition) is 0. The first-order valence-electron chi connectivity index (χ1n) is 7.38. The van der Waals surface area contributed by atoms with Crippen LogP contribution in [0.5, 0.6) is 0 Å². The minimum Gasteiger partial charge on any atom is -0.462 e. The van der Waals surface area contributed by atoms with Gasteiger partial charge in [0.1, 0.15) is 0 Å². The van der Waals surface area contributed by atoms with Gasteiger partial charge >= 0.3 is 11.7 Å². The smallest absolute Gasteiger partial charge is 0.419 e. The number of para-hydroxylation sites is 2. The zero-order valence-electron chi connectivity index (χ0n) is 12.8. The number of hydrogen-bond acceptors (Lipinski definition) is 4. The minimum atomic E-state index is -0.665. The third-order valence-electron chi connectivity index (χ3n) is 3.58. The molecule has 8 heteroatoms. The van der Waals surface area contributed by atoms with Crippen LogP contribution < -0.4 is 5.76 Å². The first-order chi connectivity index (χ1) is 12.0. The molecule has 1 aromatic heterocycles. The van der Waals surface area contributed by atoms with Gasteiger partial charge in [-0.1, -0.05) is 46.9 Å². The first kappa shape index (κ1) is 17.9. The largest absolute Gasteiger partial charge is 0.462 e. The summed E-state index contributed by atoms with van der Waals surface area (Å²) in [5.41, 5.74) is 1.24. The van der Waals surface area contributed by atoms with Gasteiger partial charge in [0, 0.05) is 6.54 Å². The average Bonchev–Trinajstić information content (AvgIpc) is 2.91. The van der Waals surface area contributed by atoms with Gasteiger partial charge < -0.3 is 9.15 Å². The molecule has 3 aromatic rings. The third-order valence-corrected chi connectivity index (χ3v) is 4.70. The number of halogens is 3. The van der Waals surface area contributed by atoms with E-state index in [-0.39, 0.29) is 27.2 Å². The van der Waals surface area contributed by atoms with Gasteiger partial charge in [0.15, 0.2) is 5.58 Å². The highest BCUT2D eigenvalue weighted by Crippen LogP contribution is 2.31. The van der Waals surface area contributed by atoms with Gasteiger partial charge in [-0.05, 0) is 30.7 Å². The van der Waals surface area contributed by atoms with E-state index in [1.165, 1.54) is 16.7 Å². The molecule has 0 fully saturated rings. The second-order valence-corrected chi connectivity index (χ2v) is 6.39. The average molecular weight is 401 g/mol. The van der Waals surface area contributed by atoms with Gasteiger partial charge in [-0.3, -0.25) is 4.57 Å². The van der Waals surface area contributed by atoms with Crippen LogP contribution in [0.2, 0.25) is 15.1 Å². The summed E-state index contributed by atoms with van der Waals surface area (Å²) in [5, 5.41) is 0.432. The highest BCUT2D eigenvalue weighted by Gasteiger charge is 2.18. The number of ether oxygens (including phenoxy) is 1. The molecule has 0 bridgehead atoms. The number of rotatable bonds is 5. The number of fused-ring (bicyclic) bond motifs is 1. The molecular formula is C17H12Cl3NO4. The number of benzene rings is 2. The molecule has 0 N–H and O–H groups in total. The van der Waals surface area contributed by atoms with Gasteiger partial charge in [-0.25, -0.2) is 9.59 Å². The molecule has 0 aliphatic heterocycles. The molecule has 0 amide bonds. The molecule has 0 spiro atoms. The Balaban J connectivity index is 1.64. The zero-order valence-corrected chi connectivity index (χ0v) is 15.1. The number of esters is 1. The molecule has 0 aliphatic rings. The molecule has 0 saturated heterocycles. The Hall–Kier alpha value is -1.95. The maximum atomic E-state index is 12.1. The SMILES string of the molecule is O=C(OCCCn1c(=O)oc2ccccc21)c1c(Cl)ccc(Cl)c1Cl. The standard InChI is InChI=1S/C17H12Cl3NO4/c18-10-6-7-11(19)15(20)14(10)16(22)24-9-3-8-21-12-4-1-2-5-13(12)25-17(21)23/h1-2,4-7H,3,8-9H2. The number of nitrogens with zero attached hydrogens (tertiary/aromatic N) is 1. The topological polar surface area (TPSA) is 61.4 Å².